The molecular formula is C60H42N4O. The van der Waals surface area contributed by atoms with Crippen LogP contribution >= 0.6 is 0 Å². The lowest BCUT2D eigenvalue weighted by atomic mass is 9.82. The van der Waals surface area contributed by atoms with Crippen LogP contribution in [0.2, 0.25) is 0 Å². The molecule has 0 fully saturated rings. The number of anilines is 3. The third kappa shape index (κ3) is 6.59. The smallest absolute Gasteiger partial charge is 0.164 e. The van der Waals surface area contributed by atoms with Gasteiger partial charge in [-0.15, -0.1) is 0 Å². The first-order valence-corrected chi connectivity index (χ1v) is 22.1. The van der Waals surface area contributed by atoms with Crippen molar-refractivity contribution in [3.05, 3.63) is 230 Å². The third-order valence-corrected chi connectivity index (χ3v) is 12.9. The van der Waals surface area contributed by atoms with Crippen molar-refractivity contribution in [3.8, 4) is 67.5 Å². The molecule has 0 saturated carbocycles. The summed E-state index contributed by atoms with van der Waals surface area (Å²) in [5, 5.41) is 2.25. The summed E-state index contributed by atoms with van der Waals surface area (Å²) in [6.07, 6.45) is 0. The van der Waals surface area contributed by atoms with E-state index in [1.807, 2.05) is 72.8 Å². The fourth-order valence-corrected chi connectivity index (χ4v) is 9.71. The van der Waals surface area contributed by atoms with E-state index < -0.39 is 0 Å². The van der Waals surface area contributed by atoms with Crippen LogP contribution in [0, 0.1) is 0 Å². The zero-order valence-corrected chi connectivity index (χ0v) is 36.0. The van der Waals surface area contributed by atoms with Gasteiger partial charge < -0.3 is 9.32 Å². The molecule has 2 heterocycles. The molecule has 0 atom stereocenters. The molecule has 1 aliphatic carbocycles. The van der Waals surface area contributed by atoms with Gasteiger partial charge in [-0.05, 0) is 75.8 Å². The van der Waals surface area contributed by atoms with Gasteiger partial charge in [0, 0.05) is 55.4 Å². The first-order valence-electron chi connectivity index (χ1n) is 22.1. The number of aromatic nitrogens is 3. The van der Waals surface area contributed by atoms with Crippen LogP contribution in [0.1, 0.15) is 25.0 Å². The molecule has 0 radical (unpaired) electrons. The molecular weight excluding hydrogens is 793 g/mol. The van der Waals surface area contributed by atoms with Crippen LogP contribution < -0.4 is 4.90 Å². The minimum absolute atomic E-state index is 0.152. The van der Waals surface area contributed by atoms with Crippen molar-refractivity contribution in [2.24, 2.45) is 0 Å². The van der Waals surface area contributed by atoms with Crippen LogP contribution in [0.5, 0.6) is 0 Å². The molecule has 0 saturated heterocycles. The quantitative estimate of drug-likeness (QED) is 0.153. The Morgan fingerprint density at radius 3 is 1.68 bits per heavy atom. The molecule has 0 spiro atoms. The van der Waals surface area contributed by atoms with Crippen LogP contribution in [-0.4, -0.2) is 15.0 Å². The predicted octanol–water partition coefficient (Wildman–Crippen LogP) is 15.9. The summed E-state index contributed by atoms with van der Waals surface area (Å²) < 4.78 is 6.48. The standard InChI is InChI=1S/C60H42N4O/c1-60(2)51-29-11-9-26-50(51)55-52(60)30-16-31-53(55)64(45-35-33-39(34-36-45)47-27-15-28-49-48-25-10-12-32-54(48)65-56(47)49)46-24-14-22-43(38-46)42-21-13-23-44(37-42)59-62-57(40-17-5-3-6-18-40)61-58(63-59)41-19-7-4-8-20-41/h3-38H,1-2H3. The highest BCUT2D eigenvalue weighted by atomic mass is 16.3. The van der Waals surface area contributed by atoms with Crippen molar-refractivity contribution >= 4 is 39.0 Å². The van der Waals surface area contributed by atoms with Crippen LogP contribution in [0.3, 0.4) is 0 Å². The van der Waals surface area contributed by atoms with Crippen LogP contribution in [0.4, 0.5) is 17.1 Å². The number of hydrogen-bond acceptors (Lipinski definition) is 5. The summed E-state index contributed by atoms with van der Waals surface area (Å²) in [6.45, 7) is 4.68. The van der Waals surface area contributed by atoms with Crippen LogP contribution in [-0.2, 0) is 5.41 Å². The van der Waals surface area contributed by atoms with Crippen LogP contribution in [0.25, 0.3) is 89.5 Å². The SMILES string of the molecule is CC1(C)c2ccccc2-c2c(N(c3ccc(-c4cccc5c4oc4ccccc45)cc3)c3cccc(-c4cccc(-c5nc(-c6ccccc6)nc(-c6ccccc6)n5)c4)c3)cccc21. The van der Waals surface area contributed by atoms with Gasteiger partial charge in [0.25, 0.3) is 0 Å². The number of nitrogens with zero attached hydrogens (tertiary/aromatic N) is 4. The fraction of sp³-hybridized carbons (Fsp3) is 0.0500. The lowest BCUT2D eigenvalue weighted by Gasteiger charge is -2.29. The molecule has 0 unspecified atom stereocenters. The Balaban J connectivity index is 0.989. The van der Waals surface area contributed by atoms with E-state index in [0.717, 1.165) is 77.9 Å². The maximum atomic E-state index is 6.48. The second-order valence-electron chi connectivity index (χ2n) is 17.2. The Morgan fingerprint density at radius 2 is 0.923 bits per heavy atom. The Hall–Kier alpha value is -8.41. The van der Waals surface area contributed by atoms with E-state index in [4.69, 9.17) is 19.4 Å². The molecule has 65 heavy (non-hydrogen) atoms. The molecule has 9 aromatic carbocycles. The molecule has 5 nitrogen and oxygen atoms in total. The lowest BCUT2D eigenvalue weighted by molar-refractivity contribution is 0.660. The molecule has 0 aliphatic heterocycles. The second-order valence-corrected chi connectivity index (χ2v) is 17.2. The van der Waals surface area contributed by atoms with Crippen molar-refractivity contribution < 1.29 is 4.42 Å². The number of benzene rings is 9. The fourth-order valence-electron chi connectivity index (χ4n) is 9.71. The molecule has 5 heteroatoms. The third-order valence-electron chi connectivity index (χ3n) is 12.9. The number of hydrogen-bond donors (Lipinski definition) is 0. The zero-order valence-electron chi connectivity index (χ0n) is 36.0. The van der Waals surface area contributed by atoms with E-state index in [2.05, 4.69) is 164 Å². The Morgan fingerprint density at radius 1 is 0.385 bits per heavy atom. The van der Waals surface area contributed by atoms with E-state index in [1.165, 1.54) is 22.3 Å². The summed E-state index contributed by atoms with van der Waals surface area (Å²) in [5.41, 5.74) is 17.2. The summed E-state index contributed by atoms with van der Waals surface area (Å²) in [4.78, 5) is 17.4. The van der Waals surface area contributed by atoms with E-state index >= 15 is 0 Å². The van der Waals surface area contributed by atoms with E-state index in [-0.39, 0.29) is 5.41 Å². The van der Waals surface area contributed by atoms with Crippen molar-refractivity contribution in [1.82, 2.24) is 15.0 Å². The van der Waals surface area contributed by atoms with Gasteiger partial charge in [-0.1, -0.05) is 190 Å². The zero-order chi connectivity index (χ0) is 43.5. The van der Waals surface area contributed by atoms with Crippen LogP contribution in [0.15, 0.2) is 223 Å². The van der Waals surface area contributed by atoms with E-state index in [9.17, 15) is 0 Å². The second kappa shape index (κ2) is 15.4. The van der Waals surface area contributed by atoms with Gasteiger partial charge in [-0.3, -0.25) is 0 Å². The van der Waals surface area contributed by atoms with E-state index in [0.29, 0.717) is 17.5 Å². The minimum Gasteiger partial charge on any atom is -0.455 e. The number of rotatable bonds is 8. The molecule has 308 valence electrons. The summed E-state index contributed by atoms with van der Waals surface area (Å²) in [5.74, 6) is 1.90. The number of fused-ring (bicyclic) bond motifs is 6. The van der Waals surface area contributed by atoms with Gasteiger partial charge in [-0.25, -0.2) is 15.0 Å². The van der Waals surface area contributed by atoms with Gasteiger partial charge in [0.2, 0.25) is 0 Å². The average molecular weight is 835 g/mol. The van der Waals surface area contributed by atoms with Gasteiger partial charge in [0.05, 0.1) is 5.69 Å². The maximum Gasteiger partial charge on any atom is 0.164 e. The van der Waals surface area contributed by atoms with Gasteiger partial charge in [0.15, 0.2) is 17.5 Å². The maximum absolute atomic E-state index is 6.48. The predicted molar refractivity (Wildman–Crippen MR) is 267 cm³/mol. The van der Waals surface area contributed by atoms with Gasteiger partial charge >= 0.3 is 0 Å². The molecule has 2 aromatic heterocycles. The minimum atomic E-state index is -0.152. The van der Waals surface area contributed by atoms with Crippen molar-refractivity contribution in [2.45, 2.75) is 19.3 Å². The molecule has 0 N–H and O–H groups in total. The van der Waals surface area contributed by atoms with Crippen molar-refractivity contribution in [2.75, 3.05) is 4.90 Å². The van der Waals surface area contributed by atoms with Gasteiger partial charge in [-0.2, -0.15) is 0 Å². The summed E-state index contributed by atoms with van der Waals surface area (Å²) in [6, 6.07) is 76.9. The molecule has 12 rings (SSSR count). The Bertz CT molecular complexity index is 3520. The first-order chi connectivity index (χ1) is 32.0. The average Bonchev–Trinajstić information content (AvgIpc) is 3.87. The highest BCUT2D eigenvalue weighted by Gasteiger charge is 2.37. The number of para-hydroxylation sites is 2. The Kier molecular flexibility index (Phi) is 9.09. The summed E-state index contributed by atoms with van der Waals surface area (Å²) in [7, 11) is 0. The van der Waals surface area contributed by atoms with Gasteiger partial charge in [0.1, 0.15) is 11.2 Å². The van der Waals surface area contributed by atoms with Crippen molar-refractivity contribution in [1.29, 1.82) is 0 Å². The highest BCUT2D eigenvalue weighted by Crippen LogP contribution is 2.54. The topological polar surface area (TPSA) is 55.1 Å². The normalized spacial score (nSPS) is 12.6. The van der Waals surface area contributed by atoms with Crippen molar-refractivity contribution in [3.63, 3.8) is 0 Å². The lowest BCUT2D eigenvalue weighted by Crippen LogP contribution is -2.16. The molecule has 1 aliphatic rings. The molecule has 0 bridgehead atoms. The Labute approximate surface area is 378 Å². The first kappa shape index (κ1) is 38.3. The monoisotopic (exact) mass is 834 g/mol. The largest absolute Gasteiger partial charge is 0.455 e. The highest BCUT2D eigenvalue weighted by molar-refractivity contribution is 6.09. The van der Waals surface area contributed by atoms with E-state index in [1.54, 1.807) is 0 Å². The molecule has 11 aromatic rings. The molecule has 0 amide bonds. The number of furan rings is 1. The summed E-state index contributed by atoms with van der Waals surface area (Å²) >= 11 is 0.